The maximum atomic E-state index is 11.9. The number of rotatable bonds is 2. The zero-order chi connectivity index (χ0) is 14.9. The average molecular weight is 304 g/mol. The van der Waals surface area contributed by atoms with Crippen LogP contribution in [-0.2, 0) is 9.84 Å². The third-order valence-corrected chi connectivity index (χ3v) is 4.35. The van der Waals surface area contributed by atoms with Gasteiger partial charge in [-0.1, -0.05) is 42.0 Å². The number of hydrogen-bond donors (Lipinski definition) is 1. The van der Waals surface area contributed by atoms with E-state index in [1.807, 2.05) is 25.1 Å². The van der Waals surface area contributed by atoms with Crippen molar-refractivity contribution in [1.29, 1.82) is 5.26 Å². The Morgan fingerprint density at radius 3 is 2.35 bits per heavy atom. The summed E-state index contributed by atoms with van der Waals surface area (Å²) in [4.78, 5) is 2.74. The largest absolute Gasteiger partial charge is 0.350 e. The van der Waals surface area contributed by atoms with Crippen molar-refractivity contribution in [1.82, 2.24) is 4.98 Å². The Hall–Kier alpha value is -1.97. The number of aryl methyl sites for hydroxylation is 1. The molecule has 0 amide bonds. The summed E-state index contributed by atoms with van der Waals surface area (Å²) in [6, 6.07) is 9.29. The van der Waals surface area contributed by atoms with Gasteiger partial charge < -0.3 is 4.98 Å². The molecule has 1 aromatic carbocycles. The van der Waals surface area contributed by atoms with E-state index in [0.29, 0.717) is 11.1 Å². The summed E-state index contributed by atoms with van der Waals surface area (Å²) in [7, 11) is -3.47. The maximum Gasteiger partial charge on any atom is 0.177 e. The Balaban J connectivity index is 2.92. The maximum absolute atomic E-state index is 11.9. The van der Waals surface area contributed by atoms with Gasteiger partial charge in [0.1, 0.15) is 10.7 Å². The summed E-state index contributed by atoms with van der Waals surface area (Å²) in [6.07, 6.45) is 2.45. The number of aromatic amines is 1. The van der Waals surface area contributed by atoms with Gasteiger partial charge in [0, 0.05) is 18.0 Å². The SMILES string of the molecule is Cc1ccc(-c2c(S(C)(=O)=O)c[nH]c(=S)c2C#N)cc1. The third-order valence-electron chi connectivity index (χ3n) is 2.91. The first-order chi connectivity index (χ1) is 9.34. The smallest absolute Gasteiger partial charge is 0.177 e. The molecule has 0 atom stereocenters. The molecule has 0 unspecified atom stereocenters. The lowest BCUT2D eigenvalue weighted by Crippen LogP contribution is -2.03. The number of nitriles is 1. The first kappa shape index (κ1) is 14.4. The average Bonchev–Trinajstić information content (AvgIpc) is 2.38. The molecule has 0 spiro atoms. The van der Waals surface area contributed by atoms with Crippen LogP contribution in [0.2, 0.25) is 0 Å². The number of nitrogens with one attached hydrogen (secondary N) is 1. The first-order valence-corrected chi connectivity index (χ1v) is 8.07. The fourth-order valence-corrected chi connectivity index (χ4v) is 2.99. The molecule has 2 rings (SSSR count). The van der Waals surface area contributed by atoms with Crippen LogP contribution in [0.25, 0.3) is 11.1 Å². The molecular formula is C14H12N2O2S2. The lowest BCUT2D eigenvalue weighted by molar-refractivity contribution is 0.601. The van der Waals surface area contributed by atoms with Crippen LogP contribution < -0.4 is 0 Å². The van der Waals surface area contributed by atoms with E-state index in [9.17, 15) is 13.7 Å². The van der Waals surface area contributed by atoms with E-state index in [1.54, 1.807) is 12.1 Å². The topological polar surface area (TPSA) is 73.7 Å². The summed E-state index contributed by atoms with van der Waals surface area (Å²) >= 11 is 5.07. The molecule has 0 aliphatic rings. The molecule has 1 heterocycles. The molecule has 0 radical (unpaired) electrons. The van der Waals surface area contributed by atoms with Crippen molar-refractivity contribution >= 4 is 22.1 Å². The van der Waals surface area contributed by atoms with Gasteiger partial charge >= 0.3 is 0 Å². The van der Waals surface area contributed by atoms with Crippen LogP contribution in [0.15, 0.2) is 35.4 Å². The van der Waals surface area contributed by atoms with Crippen LogP contribution >= 0.6 is 12.2 Å². The predicted molar refractivity (Wildman–Crippen MR) is 79.6 cm³/mol. The molecule has 20 heavy (non-hydrogen) atoms. The van der Waals surface area contributed by atoms with Crippen molar-refractivity contribution in [2.45, 2.75) is 11.8 Å². The van der Waals surface area contributed by atoms with Crippen molar-refractivity contribution < 1.29 is 8.42 Å². The van der Waals surface area contributed by atoms with Gasteiger partial charge in [0.05, 0.1) is 10.5 Å². The van der Waals surface area contributed by atoms with Gasteiger partial charge in [-0.15, -0.1) is 0 Å². The highest BCUT2D eigenvalue weighted by Gasteiger charge is 2.19. The van der Waals surface area contributed by atoms with Crippen molar-refractivity contribution in [3.8, 4) is 17.2 Å². The van der Waals surface area contributed by atoms with Crippen molar-refractivity contribution in [2.75, 3.05) is 6.26 Å². The Labute approximate surface area is 122 Å². The third kappa shape index (κ3) is 2.64. The Bertz CT molecular complexity index is 858. The standard InChI is InChI=1S/C14H12N2O2S2/c1-9-3-5-10(6-4-9)13-11(7-15)14(19)16-8-12(13)20(2,17)18/h3-6,8H,1-2H3,(H,16,19). The number of benzene rings is 1. The molecule has 0 saturated heterocycles. The minimum atomic E-state index is -3.47. The Morgan fingerprint density at radius 1 is 1.25 bits per heavy atom. The van der Waals surface area contributed by atoms with Crippen molar-refractivity contribution in [2.24, 2.45) is 0 Å². The van der Waals surface area contributed by atoms with Crippen LogP contribution in [0.1, 0.15) is 11.1 Å². The number of H-pyrrole nitrogens is 1. The summed E-state index contributed by atoms with van der Waals surface area (Å²) < 4.78 is 24.1. The van der Waals surface area contributed by atoms with Crippen LogP contribution in [0.5, 0.6) is 0 Å². The lowest BCUT2D eigenvalue weighted by Gasteiger charge is -2.10. The zero-order valence-electron chi connectivity index (χ0n) is 11.0. The number of aromatic nitrogens is 1. The zero-order valence-corrected chi connectivity index (χ0v) is 12.6. The second-order valence-electron chi connectivity index (χ2n) is 4.48. The van der Waals surface area contributed by atoms with Crippen LogP contribution in [0, 0.1) is 22.9 Å². The summed E-state index contributed by atoms with van der Waals surface area (Å²) in [5, 5.41) is 9.27. The van der Waals surface area contributed by atoms with E-state index in [-0.39, 0.29) is 15.1 Å². The Morgan fingerprint density at radius 2 is 1.85 bits per heavy atom. The van der Waals surface area contributed by atoms with Gasteiger partial charge in [0.2, 0.25) is 0 Å². The quantitative estimate of drug-likeness (QED) is 0.866. The van der Waals surface area contributed by atoms with Crippen LogP contribution in [0.4, 0.5) is 0 Å². The van der Waals surface area contributed by atoms with Gasteiger partial charge in [-0.3, -0.25) is 0 Å². The normalized spacial score (nSPS) is 11.1. The summed E-state index contributed by atoms with van der Waals surface area (Å²) in [6.45, 7) is 1.93. The molecular weight excluding hydrogens is 292 g/mol. The number of hydrogen-bond acceptors (Lipinski definition) is 4. The minimum Gasteiger partial charge on any atom is -0.350 e. The van der Waals surface area contributed by atoms with Crippen molar-refractivity contribution in [3.63, 3.8) is 0 Å². The summed E-state index contributed by atoms with van der Waals surface area (Å²) in [5.41, 5.74) is 2.24. The number of nitrogens with zero attached hydrogens (tertiary/aromatic N) is 1. The first-order valence-electron chi connectivity index (χ1n) is 5.77. The second-order valence-corrected chi connectivity index (χ2v) is 6.87. The molecule has 2 aromatic rings. The highest BCUT2D eigenvalue weighted by atomic mass is 32.2. The lowest BCUT2D eigenvalue weighted by atomic mass is 10.0. The van der Waals surface area contributed by atoms with E-state index in [1.165, 1.54) is 6.20 Å². The molecule has 1 N–H and O–H groups in total. The number of pyridine rings is 1. The van der Waals surface area contributed by atoms with Crippen LogP contribution in [-0.4, -0.2) is 19.7 Å². The van der Waals surface area contributed by atoms with E-state index in [4.69, 9.17) is 12.2 Å². The predicted octanol–water partition coefficient (Wildman–Crippen LogP) is 2.99. The second kappa shape index (κ2) is 5.19. The monoisotopic (exact) mass is 304 g/mol. The number of sulfone groups is 1. The molecule has 4 nitrogen and oxygen atoms in total. The highest BCUT2D eigenvalue weighted by Crippen LogP contribution is 2.30. The Kier molecular flexibility index (Phi) is 3.75. The van der Waals surface area contributed by atoms with Gasteiger partial charge in [-0.05, 0) is 12.5 Å². The van der Waals surface area contributed by atoms with E-state index in [2.05, 4.69) is 4.98 Å². The van der Waals surface area contributed by atoms with Crippen LogP contribution in [0.3, 0.4) is 0 Å². The molecule has 102 valence electrons. The van der Waals surface area contributed by atoms with Crippen molar-refractivity contribution in [3.05, 3.63) is 46.2 Å². The van der Waals surface area contributed by atoms with E-state index >= 15 is 0 Å². The van der Waals surface area contributed by atoms with Gasteiger partial charge in [0.15, 0.2) is 9.84 Å². The molecule has 0 bridgehead atoms. The minimum absolute atomic E-state index is 0.0755. The van der Waals surface area contributed by atoms with E-state index in [0.717, 1.165) is 11.8 Å². The fraction of sp³-hybridized carbons (Fsp3) is 0.143. The highest BCUT2D eigenvalue weighted by molar-refractivity contribution is 7.90. The molecule has 0 saturated carbocycles. The summed E-state index contributed by atoms with van der Waals surface area (Å²) in [5.74, 6) is 0. The van der Waals surface area contributed by atoms with Gasteiger partial charge in [-0.25, -0.2) is 8.42 Å². The molecule has 6 heteroatoms. The van der Waals surface area contributed by atoms with E-state index < -0.39 is 9.84 Å². The molecule has 0 aliphatic heterocycles. The van der Waals surface area contributed by atoms with Gasteiger partial charge in [-0.2, -0.15) is 5.26 Å². The van der Waals surface area contributed by atoms with Gasteiger partial charge in [0.25, 0.3) is 0 Å². The molecule has 0 aliphatic carbocycles. The molecule has 0 fully saturated rings. The fourth-order valence-electron chi connectivity index (χ4n) is 1.92. The molecule has 1 aromatic heterocycles.